The summed E-state index contributed by atoms with van der Waals surface area (Å²) in [5, 5.41) is 6.08. The number of oxazole rings is 1. The van der Waals surface area contributed by atoms with Crippen molar-refractivity contribution in [2.24, 2.45) is 0 Å². The van der Waals surface area contributed by atoms with Gasteiger partial charge in [0.05, 0.1) is 5.39 Å². The van der Waals surface area contributed by atoms with Crippen LogP contribution in [0.4, 0.5) is 0 Å². The highest BCUT2D eigenvalue weighted by atomic mass is 16.4. The van der Waals surface area contributed by atoms with Crippen molar-refractivity contribution < 1.29 is 13.3 Å². The minimum absolute atomic E-state index is 0.561. The Labute approximate surface area is 289 Å². The van der Waals surface area contributed by atoms with Gasteiger partial charge in [-0.05, 0) is 65.4 Å². The number of para-hydroxylation sites is 1. The SMILES string of the molecule is c1ccc(-c2nc(-c3ccc4c(c3)oc3ccccc34)nc(-c3ccc4ccc5oc6ccc7oc(-c8ccccc8)nc7c6c5c4c3)n2)cc1. The summed E-state index contributed by atoms with van der Waals surface area (Å²) in [5.41, 5.74) is 8.13. The van der Waals surface area contributed by atoms with Crippen LogP contribution >= 0.6 is 0 Å². The molecule has 0 saturated heterocycles. The Morgan fingerprint density at radius 2 is 0.922 bits per heavy atom. The second kappa shape index (κ2) is 10.7. The predicted molar refractivity (Wildman–Crippen MR) is 201 cm³/mol. The van der Waals surface area contributed by atoms with Crippen molar-refractivity contribution in [1.82, 2.24) is 19.9 Å². The summed E-state index contributed by atoms with van der Waals surface area (Å²) in [5.74, 6) is 2.28. The van der Waals surface area contributed by atoms with Gasteiger partial charge in [0.1, 0.15) is 27.8 Å². The average molecular weight is 657 g/mol. The third-order valence-corrected chi connectivity index (χ3v) is 9.56. The molecule has 0 radical (unpaired) electrons. The number of fused-ring (bicyclic) bond motifs is 10. The minimum Gasteiger partial charge on any atom is -0.456 e. The zero-order valence-corrected chi connectivity index (χ0v) is 26.9. The quantitative estimate of drug-likeness (QED) is 0.186. The highest BCUT2D eigenvalue weighted by molar-refractivity contribution is 6.25. The highest BCUT2D eigenvalue weighted by Crippen LogP contribution is 2.41. The van der Waals surface area contributed by atoms with Gasteiger partial charge in [-0.3, -0.25) is 0 Å². The van der Waals surface area contributed by atoms with E-state index in [4.69, 9.17) is 33.2 Å². The Morgan fingerprint density at radius 1 is 0.333 bits per heavy atom. The Kier molecular flexibility index (Phi) is 5.83. The van der Waals surface area contributed by atoms with E-state index in [9.17, 15) is 0 Å². The molecule has 0 spiro atoms. The maximum absolute atomic E-state index is 6.41. The minimum atomic E-state index is 0.561. The average Bonchev–Trinajstić information content (AvgIpc) is 3.91. The van der Waals surface area contributed by atoms with Gasteiger partial charge in [0.2, 0.25) is 5.89 Å². The van der Waals surface area contributed by atoms with Gasteiger partial charge in [-0.2, -0.15) is 0 Å². The van der Waals surface area contributed by atoms with E-state index in [1.807, 2.05) is 109 Å². The van der Waals surface area contributed by atoms with E-state index >= 15 is 0 Å². The fourth-order valence-corrected chi connectivity index (χ4v) is 7.12. The maximum atomic E-state index is 6.41. The van der Waals surface area contributed by atoms with E-state index in [-0.39, 0.29) is 0 Å². The molecular weight excluding hydrogens is 633 g/mol. The van der Waals surface area contributed by atoms with E-state index < -0.39 is 0 Å². The molecule has 0 fully saturated rings. The van der Waals surface area contributed by atoms with Crippen molar-refractivity contribution in [2.45, 2.75) is 0 Å². The molecule has 0 atom stereocenters. The van der Waals surface area contributed by atoms with Gasteiger partial charge >= 0.3 is 0 Å². The first-order valence-corrected chi connectivity index (χ1v) is 16.7. The van der Waals surface area contributed by atoms with Crippen molar-refractivity contribution in [3.05, 3.63) is 146 Å². The summed E-state index contributed by atoms with van der Waals surface area (Å²) < 4.78 is 18.9. The summed E-state index contributed by atoms with van der Waals surface area (Å²) in [6.45, 7) is 0. The fraction of sp³-hybridized carbons (Fsp3) is 0. The van der Waals surface area contributed by atoms with Gasteiger partial charge < -0.3 is 13.3 Å². The summed E-state index contributed by atoms with van der Waals surface area (Å²) in [6, 6.07) is 48.4. The van der Waals surface area contributed by atoms with Crippen molar-refractivity contribution >= 4 is 65.7 Å². The van der Waals surface area contributed by atoms with Crippen LogP contribution in [0.1, 0.15) is 0 Å². The molecule has 11 rings (SSSR count). The summed E-state index contributed by atoms with van der Waals surface area (Å²) in [6.07, 6.45) is 0. The van der Waals surface area contributed by atoms with Crippen LogP contribution in [0.15, 0.2) is 159 Å². The Bertz CT molecular complexity index is 3140. The van der Waals surface area contributed by atoms with Crippen LogP contribution in [0.25, 0.3) is 111 Å². The number of hydrogen-bond acceptors (Lipinski definition) is 7. The fourth-order valence-electron chi connectivity index (χ4n) is 7.12. The molecule has 0 N–H and O–H groups in total. The Morgan fingerprint density at radius 3 is 1.75 bits per heavy atom. The van der Waals surface area contributed by atoms with E-state index in [0.717, 1.165) is 82.4 Å². The number of furan rings is 2. The van der Waals surface area contributed by atoms with Crippen LogP contribution in [0.5, 0.6) is 0 Å². The lowest BCUT2D eigenvalue weighted by Crippen LogP contribution is -2.00. The van der Waals surface area contributed by atoms with E-state index in [2.05, 4.69) is 36.4 Å². The molecule has 4 heterocycles. The number of aromatic nitrogens is 4. The van der Waals surface area contributed by atoms with Crippen LogP contribution in [0.2, 0.25) is 0 Å². The molecule has 238 valence electrons. The van der Waals surface area contributed by atoms with Crippen LogP contribution in [-0.4, -0.2) is 19.9 Å². The molecule has 7 heteroatoms. The van der Waals surface area contributed by atoms with Gasteiger partial charge in [0, 0.05) is 38.4 Å². The molecule has 0 aliphatic carbocycles. The lowest BCUT2D eigenvalue weighted by Gasteiger charge is -2.09. The van der Waals surface area contributed by atoms with Crippen molar-refractivity contribution in [3.63, 3.8) is 0 Å². The lowest BCUT2D eigenvalue weighted by molar-refractivity contribution is 0.619. The number of hydrogen-bond donors (Lipinski definition) is 0. The van der Waals surface area contributed by atoms with Crippen LogP contribution in [0, 0.1) is 0 Å². The van der Waals surface area contributed by atoms with Gasteiger partial charge in [-0.1, -0.05) is 91.0 Å². The second-order valence-corrected chi connectivity index (χ2v) is 12.6. The molecule has 0 aliphatic heterocycles. The van der Waals surface area contributed by atoms with Crippen LogP contribution < -0.4 is 0 Å². The molecule has 0 unspecified atom stereocenters. The zero-order chi connectivity index (χ0) is 33.5. The van der Waals surface area contributed by atoms with E-state index in [0.29, 0.717) is 28.9 Å². The third kappa shape index (κ3) is 4.38. The standard InChI is InChI=1S/C44H24N4O3/c1-3-9-26(10-4-1)41-46-42(48-43(47-41)29-17-19-31-30-13-7-8-14-33(30)49-37(31)24-29)28-16-15-25-18-20-34-38(32(25)23-28)39-35(50-34)21-22-36-40(39)45-44(51-36)27-11-5-2-6-12-27/h1-24H. The number of benzene rings is 7. The van der Waals surface area contributed by atoms with Crippen molar-refractivity contribution in [2.75, 3.05) is 0 Å². The summed E-state index contributed by atoms with van der Waals surface area (Å²) in [7, 11) is 0. The number of nitrogens with zero attached hydrogens (tertiary/aromatic N) is 4. The molecule has 0 bridgehead atoms. The maximum Gasteiger partial charge on any atom is 0.227 e. The van der Waals surface area contributed by atoms with E-state index in [1.165, 1.54) is 0 Å². The first kappa shape index (κ1) is 27.8. The van der Waals surface area contributed by atoms with Crippen molar-refractivity contribution in [1.29, 1.82) is 0 Å². The second-order valence-electron chi connectivity index (χ2n) is 12.6. The highest BCUT2D eigenvalue weighted by Gasteiger charge is 2.20. The predicted octanol–water partition coefficient (Wildman–Crippen LogP) is 11.6. The molecule has 51 heavy (non-hydrogen) atoms. The molecule has 0 amide bonds. The smallest absolute Gasteiger partial charge is 0.227 e. The topological polar surface area (TPSA) is 91.0 Å². The Balaban J connectivity index is 1.13. The third-order valence-electron chi connectivity index (χ3n) is 9.56. The molecule has 11 aromatic rings. The summed E-state index contributed by atoms with van der Waals surface area (Å²) in [4.78, 5) is 20.0. The number of rotatable bonds is 4. The largest absolute Gasteiger partial charge is 0.456 e. The van der Waals surface area contributed by atoms with Gasteiger partial charge in [0.25, 0.3) is 0 Å². The first-order valence-electron chi connectivity index (χ1n) is 16.7. The van der Waals surface area contributed by atoms with Crippen LogP contribution in [-0.2, 0) is 0 Å². The molecule has 0 aliphatic rings. The monoisotopic (exact) mass is 656 g/mol. The molecule has 7 nitrogen and oxygen atoms in total. The van der Waals surface area contributed by atoms with Gasteiger partial charge in [-0.25, -0.2) is 19.9 Å². The zero-order valence-electron chi connectivity index (χ0n) is 26.9. The summed E-state index contributed by atoms with van der Waals surface area (Å²) >= 11 is 0. The normalized spacial score (nSPS) is 11.9. The van der Waals surface area contributed by atoms with Gasteiger partial charge in [0.15, 0.2) is 23.1 Å². The van der Waals surface area contributed by atoms with Crippen LogP contribution in [0.3, 0.4) is 0 Å². The molecule has 0 saturated carbocycles. The Hall–Kier alpha value is -7.12. The lowest BCUT2D eigenvalue weighted by atomic mass is 10.0. The molecular formula is C44H24N4O3. The molecule has 4 aromatic heterocycles. The first-order chi connectivity index (χ1) is 25.2. The molecule has 7 aromatic carbocycles. The van der Waals surface area contributed by atoms with Crippen molar-refractivity contribution in [3.8, 4) is 45.6 Å². The van der Waals surface area contributed by atoms with Gasteiger partial charge in [-0.15, -0.1) is 0 Å². The van der Waals surface area contributed by atoms with E-state index in [1.54, 1.807) is 0 Å².